The Bertz CT molecular complexity index is 401. The van der Waals surface area contributed by atoms with Crippen LogP contribution in [0.1, 0.15) is 23.5 Å². The predicted octanol–water partition coefficient (Wildman–Crippen LogP) is 1.37. The SMILES string of the molecule is CC(C)N(CC(N)=O)C(=O)c1cc(S)cs1. The number of primary amides is 1. The number of hydrogen-bond acceptors (Lipinski definition) is 4. The third-order valence-corrected chi connectivity index (χ3v) is 3.36. The van der Waals surface area contributed by atoms with E-state index in [1.165, 1.54) is 16.2 Å². The van der Waals surface area contributed by atoms with E-state index >= 15 is 0 Å². The highest BCUT2D eigenvalue weighted by Gasteiger charge is 2.21. The van der Waals surface area contributed by atoms with Crippen LogP contribution in [0, 0.1) is 0 Å². The first-order valence-corrected chi connectivity index (χ1v) is 6.11. The molecule has 16 heavy (non-hydrogen) atoms. The van der Waals surface area contributed by atoms with Gasteiger partial charge in [0.2, 0.25) is 5.91 Å². The molecule has 6 heteroatoms. The summed E-state index contributed by atoms with van der Waals surface area (Å²) in [6.45, 7) is 3.63. The number of nitrogens with two attached hydrogens (primary N) is 1. The fourth-order valence-corrected chi connectivity index (χ4v) is 2.34. The van der Waals surface area contributed by atoms with Gasteiger partial charge < -0.3 is 10.6 Å². The van der Waals surface area contributed by atoms with Gasteiger partial charge in [0.15, 0.2) is 0 Å². The second-order valence-electron chi connectivity index (χ2n) is 3.66. The van der Waals surface area contributed by atoms with Gasteiger partial charge in [0, 0.05) is 16.3 Å². The van der Waals surface area contributed by atoms with Crippen molar-refractivity contribution in [1.29, 1.82) is 0 Å². The Morgan fingerprint density at radius 1 is 1.56 bits per heavy atom. The van der Waals surface area contributed by atoms with Crippen molar-refractivity contribution in [2.75, 3.05) is 6.54 Å². The van der Waals surface area contributed by atoms with Crippen LogP contribution < -0.4 is 5.73 Å². The molecule has 88 valence electrons. The molecule has 0 aliphatic carbocycles. The van der Waals surface area contributed by atoms with Gasteiger partial charge in [0.1, 0.15) is 0 Å². The molecule has 0 aromatic carbocycles. The lowest BCUT2D eigenvalue weighted by molar-refractivity contribution is -0.119. The van der Waals surface area contributed by atoms with Gasteiger partial charge in [-0.2, -0.15) is 0 Å². The molecule has 1 heterocycles. The summed E-state index contributed by atoms with van der Waals surface area (Å²) >= 11 is 5.45. The standard InChI is InChI=1S/C10H14N2O2S2/c1-6(2)12(4-9(11)13)10(14)8-3-7(15)5-16-8/h3,5-6,15H,4H2,1-2H3,(H2,11,13). The molecule has 0 fully saturated rings. The molecule has 0 aliphatic heterocycles. The Morgan fingerprint density at radius 3 is 2.56 bits per heavy atom. The summed E-state index contributed by atoms with van der Waals surface area (Å²) in [5, 5.41) is 1.78. The second-order valence-corrected chi connectivity index (χ2v) is 5.09. The van der Waals surface area contributed by atoms with Crippen LogP contribution in [-0.2, 0) is 4.79 Å². The zero-order valence-corrected chi connectivity index (χ0v) is 10.8. The van der Waals surface area contributed by atoms with Crippen LogP contribution in [0.5, 0.6) is 0 Å². The third-order valence-electron chi connectivity index (χ3n) is 2.01. The minimum absolute atomic E-state index is 0.0592. The maximum atomic E-state index is 12.0. The topological polar surface area (TPSA) is 63.4 Å². The molecule has 0 bridgehead atoms. The molecule has 0 saturated carbocycles. The first-order valence-electron chi connectivity index (χ1n) is 4.78. The molecule has 0 spiro atoms. The maximum absolute atomic E-state index is 12.0. The highest BCUT2D eigenvalue weighted by molar-refractivity contribution is 7.80. The van der Waals surface area contributed by atoms with Crippen LogP contribution in [0.3, 0.4) is 0 Å². The minimum Gasteiger partial charge on any atom is -0.368 e. The van der Waals surface area contributed by atoms with E-state index in [-0.39, 0.29) is 18.5 Å². The average molecular weight is 258 g/mol. The van der Waals surface area contributed by atoms with Crippen LogP contribution in [0.15, 0.2) is 16.3 Å². The molecular weight excluding hydrogens is 244 g/mol. The fourth-order valence-electron chi connectivity index (χ4n) is 1.24. The van der Waals surface area contributed by atoms with Crippen LogP contribution >= 0.6 is 24.0 Å². The average Bonchev–Trinajstić information content (AvgIpc) is 2.59. The Morgan fingerprint density at radius 2 is 2.19 bits per heavy atom. The van der Waals surface area contributed by atoms with Gasteiger partial charge in [-0.05, 0) is 19.9 Å². The number of thiophene rings is 1. The molecule has 0 unspecified atom stereocenters. The van der Waals surface area contributed by atoms with Crippen LogP contribution in [-0.4, -0.2) is 29.3 Å². The monoisotopic (exact) mass is 258 g/mol. The highest BCUT2D eigenvalue weighted by atomic mass is 32.1. The van der Waals surface area contributed by atoms with Gasteiger partial charge in [-0.25, -0.2) is 0 Å². The zero-order valence-electron chi connectivity index (χ0n) is 9.14. The number of hydrogen-bond donors (Lipinski definition) is 2. The van der Waals surface area contributed by atoms with Crippen LogP contribution in [0.4, 0.5) is 0 Å². The summed E-state index contributed by atoms with van der Waals surface area (Å²) in [7, 11) is 0. The van der Waals surface area contributed by atoms with Crippen molar-refractivity contribution in [1.82, 2.24) is 4.90 Å². The molecule has 2 N–H and O–H groups in total. The van der Waals surface area contributed by atoms with Gasteiger partial charge in [0.25, 0.3) is 5.91 Å². The molecule has 0 atom stereocenters. The summed E-state index contributed by atoms with van der Waals surface area (Å²) in [6.07, 6.45) is 0. The normalized spacial score (nSPS) is 10.5. The largest absolute Gasteiger partial charge is 0.368 e. The molecule has 4 nitrogen and oxygen atoms in total. The van der Waals surface area contributed by atoms with E-state index in [4.69, 9.17) is 5.73 Å². The Labute approximate surface area is 104 Å². The maximum Gasteiger partial charge on any atom is 0.264 e. The first kappa shape index (κ1) is 13.1. The fraction of sp³-hybridized carbons (Fsp3) is 0.400. The molecular formula is C10H14N2O2S2. The molecule has 0 radical (unpaired) electrons. The van der Waals surface area contributed by atoms with E-state index in [0.29, 0.717) is 4.88 Å². The lowest BCUT2D eigenvalue weighted by Crippen LogP contribution is -2.42. The summed E-state index contributed by atoms with van der Waals surface area (Å²) in [5.41, 5.74) is 5.11. The number of amides is 2. The van der Waals surface area contributed by atoms with Crippen molar-refractivity contribution in [3.8, 4) is 0 Å². The van der Waals surface area contributed by atoms with Gasteiger partial charge >= 0.3 is 0 Å². The molecule has 1 aromatic heterocycles. The Balaban J connectivity index is 2.87. The number of carbonyl (C=O) groups excluding carboxylic acids is 2. The van der Waals surface area contributed by atoms with E-state index in [0.717, 1.165) is 4.90 Å². The quantitative estimate of drug-likeness (QED) is 0.801. The van der Waals surface area contributed by atoms with Gasteiger partial charge in [-0.1, -0.05) is 0 Å². The van der Waals surface area contributed by atoms with E-state index in [1.807, 2.05) is 13.8 Å². The molecule has 1 aromatic rings. The summed E-state index contributed by atoms with van der Waals surface area (Å²) in [5.74, 6) is -0.691. The second kappa shape index (κ2) is 5.36. The van der Waals surface area contributed by atoms with Crippen LogP contribution in [0.2, 0.25) is 0 Å². The Kier molecular flexibility index (Phi) is 4.37. The van der Waals surface area contributed by atoms with Crippen molar-refractivity contribution in [3.05, 3.63) is 16.3 Å². The van der Waals surface area contributed by atoms with Gasteiger partial charge in [0.05, 0.1) is 11.4 Å². The van der Waals surface area contributed by atoms with Gasteiger partial charge in [-0.15, -0.1) is 24.0 Å². The van der Waals surface area contributed by atoms with Crippen molar-refractivity contribution in [3.63, 3.8) is 0 Å². The summed E-state index contributed by atoms with van der Waals surface area (Å²) in [6, 6.07) is 1.62. The highest BCUT2D eigenvalue weighted by Crippen LogP contribution is 2.20. The summed E-state index contributed by atoms with van der Waals surface area (Å²) in [4.78, 5) is 25.7. The van der Waals surface area contributed by atoms with Gasteiger partial charge in [-0.3, -0.25) is 9.59 Å². The lowest BCUT2D eigenvalue weighted by Gasteiger charge is -2.24. The Hall–Kier alpha value is -1.01. The molecule has 0 aliphatic rings. The third kappa shape index (κ3) is 3.24. The minimum atomic E-state index is -0.510. The number of rotatable bonds is 4. The lowest BCUT2D eigenvalue weighted by atomic mass is 10.3. The molecule has 0 saturated heterocycles. The van der Waals surface area contributed by atoms with E-state index in [2.05, 4.69) is 12.6 Å². The smallest absolute Gasteiger partial charge is 0.264 e. The number of nitrogens with zero attached hydrogens (tertiary/aromatic N) is 1. The molecule has 1 rings (SSSR count). The van der Waals surface area contributed by atoms with Crippen molar-refractivity contribution >= 4 is 35.8 Å². The first-order chi connectivity index (χ1) is 7.41. The number of carbonyl (C=O) groups is 2. The van der Waals surface area contributed by atoms with Crippen molar-refractivity contribution < 1.29 is 9.59 Å². The van der Waals surface area contributed by atoms with E-state index < -0.39 is 5.91 Å². The van der Waals surface area contributed by atoms with Crippen LogP contribution in [0.25, 0.3) is 0 Å². The van der Waals surface area contributed by atoms with Crippen molar-refractivity contribution in [2.45, 2.75) is 24.8 Å². The predicted molar refractivity (Wildman–Crippen MR) is 66.9 cm³/mol. The zero-order chi connectivity index (χ0) is 12.3. The number of thiol groups is 1. The van der Waals surface area contributed by atoms with E-state index in [1.54, 1.807) is 11.4 Å². The molecule has 2 amide bonds. The summed E-state index contributed by atoms with van der Waals surface area (Å²) < 4.78 is 0. The van der Waals surface area contributed by atoms with Crippen molar-refractivity contribution in [2.24, 2.45) is 5.73 Å². The van der Waals surface area contributed by atoms with E-state index in [9.17, 15) is 9.59 Å².